The van der Waals surface area contributed by atoms with Crippen molar-refractivity contribution in [2.75, 3.05) is 0 Å². The maximum absolute atomic E-state index is 6.23. The molecule has 1 aromatic carbocycles. The van der Waals surface area contributed by atoms with Crippen LogP contribution in [0.3, 0.4) is 0 Å². The first-order chi connectivity index (χ1) is 9.31. The Kier molecular flexibility index (Phi) is 2.82. The molecule has 2 saturated carbocycles. The lowest BCUT2D eigenvalue weighted by molar-refractivity contribution is 0.350. The van der Waals surface area contributed by atoms with Gasteiger partial charge < -0.3 is 9.73 Å². The van der Waals surface area contributed by atoms with Gasteiger partial charge in [0.15, 0.2) is 5.22 Å². The van der Waals surface area contributed by atoms with Gasteiger partial charge in [0.05, 0.1) is 0 Å². The second kappa shape index (κ2) is 4.53. The van der Waals surface area contributed by atoms with Crippen LogP contribution in [0.1, 0.15) is 31.2 Å². The van der Waals surface area contributed by atoms with Gasteiger partial charge in [-0.1, -0.05) is 24.6 Å². The minimum absolute atomic E-state index is 0.539. The van der Waals surface area contributed by atoms with Crippen LogP contribution in [0.2, 0.25) is 5.22 Å². The molecule has 2 aliphatic carbocycles. The van der Waals surface area contributed by atoms with Gasteiger partial charge in [0.25, 0.3) is 0 Å². The van der Waals surface area contributed by atoms with Crippen molar-refractivity contribution in [1.82, 2.24) is 5.32 Å². The minimum Gasteiger partial charge on any atom is -0.444 e. The zero-order valence-electron chi connectivity index (χ0n) is 10.9. The Bertz CT molecular complexity index is 606. The maximum Gasteiger partial charge on any atom is 0.199 e. The van der Waals surface area contributed by atoms with Crippen molar-refractivity contribution in [2.45, 2.75) is 38.3 Å². The largest absolute Gasteiger partial charge is 0.444 e. The van der Waals surface area contributed by atoms with Gasteiger partial charge in [-0.25, -0.2) is 0 Å². The van der Waals surface area contributed by atoms with Gasteiger partial charge in [-0.05, 0) is 48.8 Å². The Balaban J connectivity index is 1.54. The lowest BCUT2D eigenvalue weighted by Gasteiger charge is -2.22. The molecule has 1 heterocycles. The summed E-state index contributed by atoms with van der Waals surface area (Å²) in [5.41, 5.74) is 2.00. The third kappa shape index (κ3) is 1.98. The van der Waals surface area contributed by atoms with Gasteiger partial charge in [-0.3, -0.25) is 0 Å². The molecular formula is C16H18ClNO. The number of furan rings is 1. The van der Waals surface area contributed by atoms with Crippen LogP contribution < -0.4 is 5.32 Å². The van der Waals surface area contributed by atoms with Crippen molar-refractivity contribution < 1.29 is 4.42 Å². The Hall–Kier alpha value is -0.990. The molecule has 2 aliphatic rings. The molecule has 3 heteroatoms. The van der Waals surface area contributed by atoms with Gasteiger partial charge in [0, 0.05) is 23.5 Å². The van der Waals surface area contributed by atoms with Crippen LogP contribution in [0.4, 0.5) is 0 Å². The fraction of sp³-hybridized carbons (Fsp3) is 0.500. The monoisotopic (exact) mass is 275 g/mol. The summed E-state index contributed by atoms with van der Waals surface area (Å²) in [6.07, 6.45) is 5.62. The summed E-state index contributed by atoms with van der Waals surface area (Å²) in [7, 11) is 0. The highest BCUT2D eigenvalue weighted by Crippen LogP contribution is 2.44. The van der Waals surface area contributed by atoms with E-state index in [1.54, 1.807) is 0 Å². The van der Waals surface area contributed by atoms with Crippen molar-refractivity contribution in [3.05, 3.63) is 35.0 Å². The van der Waals surface area contributed by atoms with Crippen LogP contribution in [0.5, 0.6) is 0 Å². The van der Waals surface area contributed by atoms with Crippen molar-refractivity contribution in [1.29, 1.82) is 0 Å². The molecule has 19 heavy (non-hydrogen) atoms. The van der Waals surface area contributed by atoms with Crippen LogP contribution in [0.15, 0.2) is 28.7 Å². The van der Waals surface area contributed by atoms with E-state index in [-0.39, 0.29) is 0 Å². The van der Waals surface area contributed by atoms with Crippen LogP contribution in [0.25, 0.3) is 11.0 Å². The summed E-state index contributed by atoms with van der Waals surface area (Å²) in [6.45, 7) is 0.823. The number of halogens is 1. The van der Waals surface area contributed by atoms with E-state index in [4.69, 9.17) is 16.0 Å². The minimum atomic E-state index is 0.539. The zero-order valence-corrected chi connectivity index (χ0v) is 11.6. The number of rotatable bonds is 3. The summed E-state index contributed by atoms with van der Waals surface area (Å²) >= 11 is 6.23. The average molecular weight is 276 g/mol. The van der Waals surface area contributed by atoms with Crippen LogP contribution >= 0.6 is 11.6 Å². The molecule has 0 aliphatic heterocycles. The van der Waals surface area contributed by atoms with Crippen LogP contribution in [0, 0.1) is 11.8 Å². The standard InChI is InChI=1S/C16H18ClNO/c17-16-13(12-3-1-2-4-15(12)19-16)9-18-14-8-10-5-6-11(14)7-10/h1-4,10-11,14,18H,5-9H2. The molecular weight excluding hydrogens is 258 g/mol. The maximum atomic E-state index is 6.23. The van der Waals surface area contributed by atoms with Crippen molar-refractivity contribution in [3.63, 3.8) is 0 Å². The summed E-state index contributed by atoms with van der Waals surface area (Å²) < 4.78 is 5.60. The normalized spacial score (nSPS) is 29.4. The third-order valence-electron chi connectivity index (χ3n) is 4.93. The van der Waals surface area contributed by atoms with E-state index in [0.717, 1.165) is 34.9 Å². The molecule has 0 radical (unpaired) electrons. The highest BCUT2D eigenvalue weighted by Gasteiger charge is 2.39. The molecule has 0 amide bonds. The molecule has 1 N–H and O–H groups in total. The van der Waals surface area contributed by atoms with E-state index in [9.17, 15) is 0 Å². The van der Waals surface area contributed by atoms with Crippen molar-refractivity contribution in [2.24, 2.45) is 11.8 Å². The Morgan fingerprint density at radius 2 is 2.11 bits per heavy atom. The summed E-state index contributed by atoms with van der Waals surface area (Å²) in [4.78, 5) is 0. The number of fused-ring (bicyclic) bond motifs is 3. The predicted octanol–water partition coefficient (Wildman–Crippen LogP) is 4.36. The van der Waals surface area contributed by atoms with Gasteiger partial charge in [-0.2, -0.15) is 0 Å². The lowest BCUT2D eigenvalue weighted by atomic mass is 9.95. The predicted molar refractivity (Wildman–Crippen MR) is 77.3 cm³/mol. The fourth-order valence-corrected chi connectivity index (χ4v) is 4.21. The summed E-state index contributed by atoms with van der Waals surface area (Å²) in [5.74, 6) is 1.86. The number of hydrogen-bond acceptors (Lipinski definition) is 2. The van der Waals surface area contributed by atoms with Gasteiger partial charge >= 0.3 is 0 Å². The SMILES string of the molecule is Clc1oc2ccccc2c1CNC1CC2CCC1C2. The smallest absolute Gasteiger partial charge is 0.199 e. The second-order valence-corrected chi connectivity index (χ2v) is 6.36. The second-order valence-electron chi connectivity index (χ2n) is 6.01. The van der Waals surface area contributed by atoms with Crippen LogP contribution in [-0.2, 0) is 6.54 Å². The van der Waals surface area contributed by atoms with Gasteiger partial charge in [0.2, 0.25) is 0 Å². The molecule has 4 rings (SSSR count). The summed E-state index contributed by atoms with van der Waals surface area (Å²) in [5, 5.41) is 5.38. The van der Waals surface area contributed by atoms with E-state index in [0.29, 0.717) is 11.3 Å². The molecule has 0 saturated heterocycles. The number of hydrogen-bond donors (Lipinski definition) is 1. The molecule has 0 spiro atoms. The van der Waals surface area contributed by atoms with E-state index in [1.807, 2.05) is 18.2 Å². The van der Waals surface area contributed by atoms with E-state index < -0.39 is 0 Å². The van der Waals surface area contributed by atoms with E-state index in [2.05, 4.69) is 11.4 Å². The van der Waals surface area contributed by atoms with E-state index in [1.165, 1.54) is 25.7 Å². The average Bonchev–Trinajstić information content (AvgIpc) is 3.09. The molecule has 2 bridgehead atoms. The lowest BCUT2D eigenvalue weighted by Crippen LogP contribution is -2.33. The van der Waals surface area contributed by atoms with Crippen molar-refractivity contribution >= 4 is 22.6 Å². The van der Waals surface area contributed by atoms with Gasteiger partial charge in [-0.15, -0.1) is 0 Å². The topological polar surface area (TPSA) is 25.2 Å². The van der Waals surface area contributed by atoms with Gasteiger partial charge in [0.1, 0.15) is 5.58 Å². The Morgan fingerprint density at radius 1 is 1.21 bits per heavy atom. The molecule has 2 aromatic rings. The van der Waals surface area contributed by atoms with Crippen LogP contribution in [-0.4, -0.2) is 6.04 Å². The first-order valence-corrected chi connectivity index (χ1v) is 7.58. The first-order valence-electron chi connectivity index (χ1n) is 7.20. The quantitative estimate of drug-likeness (QED) is 0.900. The molecule has 1 aromatic heterocycles. The van der Waals surface area contributed by atoms with Crippen molar-refractivity contribution in [3.8, 4) is 0 Å². The number of benzene rings is 1. The summed E-state index contributed by atoms with van der Waals surface area (Å²) in [6, 6.07) is 8.76. The third-order valence-corrected chi connectivity index (χ3v) is 5.23. The number of para-hydroxylation sites is 1. The molecule has 3 atom stereocenters. The highest BCUT2D eigenvalue weighted by molar-refractivity contribution is 6.30. The highest BCUT2D eigenvalue weighted by atomic mass is 35.5. The zero-order chi connectivity index (χ0) is 12.8. The molecule has 100 valence electrons. The Morgan fingerprint density at radius 3 is 2.89 bits per heavy atom. The molecule has 3 unspecified atom stereocenters. The molecule has 2 fully saturated rings. The molecule has 2 nitrogen and oxygen atoms in total. The van der Waals surface area contributed by atoms with E-state index >= 15 is 0 Å². The number of nitrogens with one attached hydrogen (secondary N) is 1. The first kappa shape index (κ1) is 11.8. The Labute approximate surface area is 118 Å². The fourth-order valence-electron chi connectivity index (χ4n) is 3.96.